The van der Waals surface area contributed by atoms with Gasteiger partial charge in [-0.1, -0.05) is 30.3 Å². The molecule has 3 aromatic rings. The molecular weight excluding hydrogens is 336 g/mol. The van der Waals surface area contributed by atoms with E-state index in [1.807, 2.05) is 49.4 Å². The van der Waals surface area contributed by atoms with Crippen LogP contribution in [0.3, 0.4) is 0 Å². The van der Waals surface area contributed by atoms with E-state index in [9.17, 15) is 9.59 Å². The van der Waals surface area contributed by atoms with Gasteiger partial charge in [0.1, 0.15) is 11.0 Å². The van der Waals surface area contributed by atoms with Gasteiger partial charge >= 0.3 is 5.63 Å². The van der Waals surface area contributed by atoms with Gasteiger partial charge in [0.05, 0.1) is 11.4 Å². The van der Waals surface area contributed by atoms with Crippen molar-refractivity contribution in [3.8, 4) is 0 Å². The second-order valence-corrected chi connectivity index (χ2v) is 6.98. The number of fused-ring (bicyclic) bond motifs is 1. The van der Waals surface area contributed by atoms with Crippen LogP contribution in [0.25, 0.3) is 11.0 Å². The molecule has 0 spiro atoms. The molecule has 1 aliphatic rings. The van der Waals surface area contributed by atoms with Crippen LogP contribution in [0.1, 0.15) is 16.5 Å². The smallest absolute Gasteiger partial charge is 0.336 e. The summed E-state index contributed by atoms with van der Waals surface area (Å²) in [7, 11) is 0. The number of amides is 1. The lowest BCUT2D eigenvalue weighted by Gasteiger charge is -2.26. The number of rotatable bonds is 3. The first-order valence-corrected chi connectivity index (χ1v) is 8.96. The van der Waals surface area contributed by atoms with Gasteiger partial charge in [0.2, 0.25) is 0 Å². The average Bonchev–Trinajstić information content (AvgIpc) is 2.97. The third-order valence-corrected chi connectivity index (χ3v) is 5.37. The zero-order chi connectivity index (χ0) is 17.4. The largest absolute Gasteiger partial charge is 0.423 e. The van der Waals surface area contributed by atoms with Crippen LogP contribution in [0, 0.1) is 6.92 Å². The molecular formula is C19H16N2O3S. The molecule has 0 radical (unpaired) electrons. The molecule has 1 aliphatic heterocycles. The molecule has 126 valence electrons. The number of aryl methyl sites for hydroxylation is 1. The summed E-state index contributed by atoms with van der Waals surface area (Å²) in [5.74, 6) is 0.478. The van der Waals surface area contributed by atoms with Crippen LogP contribution in [0.2, 0.25) is 0 Å². The number of hydrogen-bond acceptors (Lipinski definition) is 5. The molecule has 5 nitrogen and oxygen atoms in total. The third kappa shape index (κ3) is 3.00. The normalized spacial score (nSPS) is 17.2. The summed E-state index contributed by atoms with van der Waals surface area (Å²) < 4.78 is 5.21. The van der Waals surface area contributed by atoms with Crippen molar-refractivity contribution in [3.05, 3.63) is 76.1 Å². The SMILES string of the molecule is Cc1cc2oc(=O)ccc2cc1NN1C(=O)CSC1c1ccccc1. The molecule has 2 aromatic carbocycles. The maximum Gasteiger partial charge on any atom is 0.336 e. The van der Waals surface area contributed by atoms with E-state index in [0.29, 0.717) is 11.3 Å². The molecule has 0 saturated carbocycles. The Morgan fingerprint density at radius 2 is 1.92 bits per heavy atom. The number of anilines is 1. The zero-order valence-corrected chi connectivity index (χ0v) is 14.4. The highest BCUT2D eigenvalue weighted by Crippen LogP contribution is 2.39. The summed E-state index contributed by atoms with van der Waals surface area (Å²) in [6, 6.07) is 16.8. The number of benzene rings is 2. The van der Waals surface area contributed by atoms with Gasteiger partial charge in [-0.05, 0) is 36.2 Å². The number of thioether (sulfide) groups is 1. The number of carbonyl (C=O) groups excluding carboxylic acids is 1. The Hall–Kier alpha value is -2.73. The molecule has 1 unspecified atom stereocenters. The second kappa shape index (κ2) is 6.29. The van der Waals surface area contributed by atoms with Crippen LogP contribution in [-0.4, -0.2) is 16.7 Å². The van der Waals surface area contributed by atoms with E-state index in [1.165, 1.54) is 6.07 Å². The van der Waals surface area contributed by atoms with Gasteiger partial charge in [0, 0.05) is 11.5 Å². The molecule has 1 saturated heterocycles. The van der Waals surface area contributed by atoms with E-state index >= 15 is 0 Å². The maximum atomic E-state index is 12.4. The van der Waals surface area contributed by atoms with Crippen molar-refractivity contribution in [2.24, 2.45) is 0 Å². The Morgan fingerprint density at radius 3 is 2.72 bits per heavy atom. The van der Waals surface area contributed by atoms with Crippen molar-refractivity contribution in [1.82, 2.24) is 5.01 Å². The van der Waals surface area contributed by atoms with Gasteiger partial charge in [0.15, 0.2) is 0 Å². The summed E-state index contributed by atoms with van der Waals surface area (Å²) in [6.07, 6.45) is 0. The standard InChI is InChI=1S/C19H16N2O3S/c1-12-9-16-14(7-8-18(23)24-16)10-15(12)20-21-17(22)11-25-19(21)13-5-3-2-4-6-13/h2-10,19-20H,11H2,1H3. The van der Waals surface area contributed by atoms with Crippen LogP contribution in [0.4, 0.5) is 5.69 Å². The molecule has 2 heterocycles. The fourth-order valence-corrected chi connectivity index (χ4v) is 3.98. The fraction of sp³-hybridized carbons (Fsp3) is 0.158. The molecule has 4 rings (SSSR count). The monoisotopic (exact) mass is 352 g/mol. The molecule has 1 atom stereocenters. The number of hydrogen-bond donors (Lipinski definition) is 1. The lowest BCUT2D eigenvalue weighted by Crippen LogP contribution is -2.34. The predicted octanol–water partition coefficient (Wildman–Crippen LogP) is 3.70. The first-order chi connectivity index (χ1) is 12.1. The van der Waals surface area contributed by atoms with Crippen LogP contribution in [0.15, 0.2) is 63.8 Å². The van der Waals surface area contributed by atoms with Crippen LogP contribution < -0.4 is 11.1 Å². The summed E-state index contributed by atoms with van der Waals surface area (Å²) >= 11 is 1.60. The van der Waals surface area contributed by atoms with Gasteiger partial charge in [-0.3, -0.25) is 10.2 Å². The van der Waals surface area contributed by atoms with Crippen molar-refractivity contribution in [2.75, 3.05) is 11.2 Å². The fourth-order valence-electron chi connectivity index (χ4n) is 2.88. The van der Waals surface area contributed by atoms with E-state index < -0.39 is 0 Å². The Labute approximate surface area is 148 Å². The van der Waals surface area contributed by atoms with E-state index in [4.69, 9.17) is 4.42 Å². The molecule has 1 fully saturated rings. The van der Waals surface area contributed by atoms with Crippen molar-refractivity contribution in [1.29, 1.82) is 0 Å². The minimum Gasteiger partial charge on any atom is -0.423 e. The summed E-state index contributed by atoms with van der Waals surface area (Å²) in [5.41, 5.74) is 6.22. The third-order valence-electron chi connectivity index (χ3n) is 4.16. The number of carbonyl (C=O) groups is 1. The van der Waals surface area contributed by atoms with Gasteiger partial charge in [0.25, 0.3) is 5.91 Å². The minimum absolute atomic E-state index is 0.0398. The molecule has 0 bridgehead atoms. The Morgan fingerprint density at radius 1 is 1.12 bits per heavy atom. The van der Waals surface area contributed by atoms with Crippen molar-refractivity contribution >= 4 is 34.3 Å². The Kier molecular flexibility index (Phi) is 3.97. The maximum absolute atomic E-state index is 12.4. The topological polar surface area (TPSA) is 62.6 Å². The molecule has 1 N–H and O–H groups in total. The van der Waals surface area contributed by atoms with Crippen molar-refractivity contribution in [2.45, 2.75) is 12.3 Å². The first kappa shape index (κ1) is 15.8. The van der Waals surface area contributed by atoms with E-state index in [2.05, 4.69) is 5.43 Å². The van der Waals surface area contributed by atoms with Crippen molar-refractivity contribution in [3.63, 3.8) is 0 Å². The highest BCUT2D eigenvalue weighted by Gasteiger charge is 2.33. The number of nitrogens with zero attached hydrogens (tertiary/aromatic N) is 1. The second-order valence-electron chi connectivity index (χ2n) is 5.91. The first-order valence-electron chi connectivity index (χ1n) is 7.91. The van der Waals surface area contributed by atoms with Crippen LogP contribution in [-0.2, 0) is 4.79 Å². The molecule has 1 amide bonds. The summed E-state index contributed by atoms with van der Waals surface area (Å²) in [5, 5.41) is 2.41. The summed E-state index contributed by atoms with van der Waals surface area (Å²) in [6.45, 7) is 1.92. The van der Waals surface area contributed by atoms with Gasteiger partial charge in [-0.25, -0.2) is 9.80 Å². The highest BCUT2D eigenvalue weighted by atomic mass is 32.2. The summed E-state index contributed by atoms with van der Waals surface area (Å²) in [4.78, 5) is 23.7. The van der Waals surface area contributed by atoms with Gasteiger partial charge in [-0.15, -0.1) is 11.8 Å². The lowest BCUT2D eigenvalue weighted by atomic mass is 10.1. The van der Waals surface area contributed by atoms with Gasteiger partial charge in [-0.2, -0.15) is 0 Å². The molecule has 6 heteroatoms. The van der Waals surface area contributed by atoms with E-state index in [1.54, 1.807) is 22.8 Å². The van der Waals surface area contributed by atoms with Crippen molar-refractivity contribution < 1.29 is 9.21 Å². The highest BCUT2D eigenvalue weighted by molar-refractivity contribution is 8.00. The minimum atomic E-state index is -0.372. The quantitative estimate of drug-likeness (QED) is 0.728. The average molecular weight is 352 g/mol. The van der Waals surface area contributed by atoms with E-state index in [0.717, 1.165) is 22.2 Å². The van der Waals surface area contributed by atoms with Crippen LogP contribution in [0.5, 0.6) is 0 Å². The van der Waals surface area contributed by atoms with Gasteiger partial charge < -0.3 is 4.42 Å². The van der Waals surface area contributed by atoms with E-state index in [-0.39, 0.29) is 16.9 Å². The number of nitrogens with one attached hydrogen (secondary N) is 1. The number of hydrazine groups is 1. The zero-order valence-electron chi connectivity index (χ0n) is 13.6. The Balaban J connectivity index is 1.69. The lowest BCUT2D eigenvalue weighted by molar-refractivity contribution is -0.126. The Bertz CT molecular complexity index is 1000. The predicted molar refractivity (Wildman–Crippen MR) is 99.3 cm³/mol. The molecule has 25 heavy (non-hydrogen) atoms. The van der Waals surface area contributed by atoms with Crippen LogP contribution >= 0.6 is 11.8 Å². The molecule has 0 aliphatic carbocycles. The molecule has 1 aromatic heterocycles.